The number of benzene rings is 1. The van der Waals surface area contributed by atoms with E-state index in [9.17, 15) is 18.5 Å². The summed E-state index contributed by atoms with van der Waals surface area (Å²) in [5, 5.41) is 10.6. The minimum atomic E-state index is -3.61. The van der Waals surface area contributed by atoms with Crippen molar-refractivity contribution in [2.24, 2.45) is 5.73 Å². The summed E-state index contributed by atoms with van der Waals surface area (Å²) >= 11 is 0. The molecule has 1 atom stereocenters. The van der Waals surface area contributed by atoms with Crippen LogP contribution in [0.5, 0.6) is 0 Å². The van der Waals surface area contributed by atoms with Crippen LogP contribution < -0.4 is 5.73 Å². The second-order valence-electron chi connectivity index (χ2n) is 4.62. The molecule has 1 saturated heterocycles. The number of hydrogen-bond donors (Lipinski definition) is 1. The van der Waals surface area contributed by atoms with Gasteiger partial charge in [0.2, 0.25) is 10.0 Å². The summed E-state index contributed by atoms with van der Waals surface area (Å²) in [6.07, 6.45) is 0.630. The molecule has 104 valence electrons. The Kier molecular flexibility index (Phi) is 3.57. The summed E-state index contributed by atoms with van der Waals surface area (Å²) in [5.41, 5.74) is 5.96. The molecule has 0 aromatic heterocycles. The van der Waals surface area contributed by atoms with Gasteiger partial charge in [-0.15, -0.1) is 0 Å². The van der Waals surface area contributed by atoms with Gasteiger partial charge in [-0.05, 0) is 25.0 Å². The van der Waals surface area contributed by atoms with Crippen LogP contribution in [0, 0.1) is 17.0 Å². The number of nitro benzene ring substituents is 1. The van der Waals surface area contributed by atoms with E-state index in [-0.39, 0.29) is 16.6 Å². The second-order valence-corrected chi connectivity index (χ2v) is 6.53. The maximum absolute atomic E-state index is 12.4. The van der Waals surface area contributed by atoms with Crippen LogP contribution in [0.25, 0.3) is 0 Å². The molecule has 0 aliphatic carbocycles. The van der Waals surface area contributed by atoms with Crippen LogP contribution in [-0.2, 0) is 10.0 Å². The van der Waals surface area contributed by atoms with Crippen LogP contribution in [0.1, 0.15) is 12.0 Å². The van der Waals surface area contributed by atoms with Crippen molar-refractivity contribution in [3.63, 3.8) is 0 Å². The molecule has 19 heavy (non-hydrogen) atoms. The van der Waals surface area contributed by atoms with Gasteiger partial charge in [-0.25, -0.2) is 8.42 Å². The monoisotopic (exact) mass is 285 g/mol. The predicted octanol–water partition coefficient (Wildman–Crippen LogP) is 0.625. The Hall–Kier alpha value is -1.51. The Labute approximate surface area is 111 Å². The molecule has 0 radical (unpaired) electrons. The first kappa shape index (κ1) is 13.9. The number of nitrogens with two attached hydrogens (primary N) is 1. The lowest BCUT2D eigenvalue weighted by Gasteiger charge is -2.17. The third kappa shape index (κ3) is 2.60. The van der Waals surface area contributed by atoms with E-state index in [0.717, 1.165) is 0 Å². The van der Waals surface area contributed by atoms with E-state index in [0.29, 0.717) is 25.1 Å². The van der Waals surface area contributed by atoms with Gasteiger partial charge in [-0.3, -0.25) is 10.1 Å². The van der Waals surface area contributed by atoms with Crippen molar-refractivity contribution < 1.29 is 13.3 Å². The van der Waals surface area contributed by atoms with E-state index >= 15 is 0 Å². The van der Waals surface area contributed by atoms with E-state index in [4.69, 9.17) is 5.73 Å². The number of hydrogen-bond acceptors (Lipinski definition) is 5. The number of nitrogens with zero attached hydrogens (tertiary/aromatic N) is 2. The molecular formula is C11H15N3O4S. The molecule has 0 amide bonds. The van der Waals surface area contributed by atoms with Crippen molar-refractivity contribution >= 4 is 15.7 Å². The Morgan fingerprint density at radius 2 is 2.16 bits per heavy atom. The minimum absolute atomic E-state index is 0.104. The Morgan fingerprint density at radius 3 is 2.63 bits per heavy atom. The molecule has 0 saturated carbocycles. The number of sulfonamides is 1. The number of aryl methyl sites for hydroxylation is 1. The summed E-state index contributed by atoms with van der Waals surface area (Å²) in [6, 6.07) is 3.61. The number of nitro groups is 1. The molecule has 2 N–H and O–H groups in total. The third-order valence-corrected chi connectivity index (χ3v) is 5.20. The average Bonchev–Trinajstić information content (AvgIpc) is 2.76. The van der Waals surface area contributed by atoms with Gasteiger partial charge in [0.25, 0.3) is 5.69 Å². The van der Waals surface area contributed by atoms with Gasteiger partial charge in [-0.1, -0.05) is 0 Å². The quantitative estimate of drug-likeness (QED) is 0.647. The van der Waals surface area contributed by atoms with Crippen molar-refractivity contribution in [1.82, 2.24) is 4.31 Å². The summed E-state index contributed by atoms with van der Waals surface area (Å²) < 4.78 is 26.1. The predicted molar refractivity (Wildman–Crippen MR) is 69.2 cm³/mol. The maximum Gasteiger partial charge on any atom is 0.269 e. The number of rotatable bonds is 3. The van der Waals surface area contributed by atoms with Crippen LogP contribution in [0.15, 0.2) is 23.1 Å². The van der Waals surface area contributed by atoms with Gasteiger partial charge < -0.3 is 5.73 Å². The summed E-state index contributed by atoms with van der Waals surface area (Å²) in [5.74, 6) is 0. The third-order valence-electron chi connectivity index (χ3n) is 3.17. The van der Waals surface area contributed by atoms with Crippen molar-refractivity contribution in [1.29, 1.82) is 0 Å². The largest absolute Gasteiger partial charge is 0.326 e. The highest BCUT2D eigenvalue weighted by Crippen LogP contribution is 2.26. The van der Waals surface area contributed by atoms with E-state index < -0.39 is 14.9 Å². The molecule has 1 aromatic carbocycles. The van der Waals surface area contributed by atoms with Crippen LogP contribution in [0.4, 0.5) is 5.69 Å². The van der Waals surface area contributed by atoms with Crippen molar-refractivity contribution in [3.8, 4) is 0 Å². The van der Waals surface area contributed by atoms with Crippen molar-refractivity contribution in [3.05, 3.63) is 33.9 Å². The minimum Gasteiger partial charge on any atom is -0.326 e. The molecule has 1 aliphatic heterocycles. The van der Waals surface area contributed by atoms with Crippen molar-refractivity contribution in [2.45, 2.75) is 24.3 Å². The summed E-state index contributed by atoms with van der Waals surface area (Å²) in [4.78, 5) is 10.2. The molecule has 1 unspecified atom stereocenters. The Morgan fingerprint density at radius 1 is 1.47 bits per heavy atom. The van der Waals surface area contributed by atoms with E-state index in [1.54, 1.807) is 6.92 Å². The molecule has 1 heterocycles. The van der Waals surface area contributed by atoms with E-state index in [2.05, 4.69) is 0 Å². The van der Waals surface area contributed by atoms with Crippen LogP contribution in [0.2, 0.25) is 0 Å². The standard InChI is InChI=1S/C11H15N3O4S/c1-8-6-10(14(15)16)2-3-11(8)19(17,18)13-5-4-9(12)7-13/h2-3,6,9H,4-5,7,12H2,1H3. The Bertz CT molecular complexity index is 614. The molecule has 0 spiro atoms. The zero-order valence-electron chi connectivity index (χ0n) is 10.4. The lowest BCUT2D eigenvalue weighted by Crippen LogP contribution is -2.32. The van der Waals surface area contributed by atoms with Crippen LogP contribution in [-0.4, -0.2) is 36.8 Å². The first-order valence-corrected chi connectivity index (χ1v) is 7.27. The van der Waals surface area contributed by atoms with E-state index in [1.807, 2.05) is 0 Å². The van der Waals surface area contributed by atoms with E-state index in [1.165, 1.54) is 22.5 Å². The lowest BCUT2D eigenvalue weighted by atomic mass is 10.2. The van der Waals surface area contributed by atoms with Gasteiger partial charge >= 0.3 is 0 Å². The molecule has 8 heteroatoms. The molecule has 1 aliphatic rings. The Balaban J connectivity index is 2.38. The van der Waals surface area contributed by atoms with Crippen LogP contribution >= 0.6 is 0 Å². The van der Waals surface area contributed by atoms with Crippen molar-refractivity contribution in [2.75, 3.05) is 13.1 Å². The molecule has 7 nitrogen and oxygen atoms in total. The highest BCUT2D eigenvalue weighted by atomic mass is 32.2. The zero-order valence-corrected chi connectivity index (χ0v) is 11.3. The fourth-order valence-electron chi connectivity index (χ4n) is 2.15. The fraction of sp³-hybridized carbons (Fsp3) is 0.455. The van der Waals surface area contributed by atoms with Gasteiger partial charge in [0, 0.05) is 31.3 Å². The molecule has 1 fully saturated rings. The van der Waals surface area contributed by atoms with Gasteiger partial charge in [-0.2, -0.15) is 4.31 Å². The average molecular weight is 285 g/mol. The van der Waals surface area contributed by atoms with Crippen LogP contribution in [0.3, 0.4) is 0 Å². The highest BCUT2D eigenvalue weighted by Gasteiger charge is 2.32. The summed E-state index contributed by atoms with van der Waals surface area (Å²) in [7, 11) is -3.61. The van der Waals surface area contributed by atoms with Gasteiger partial charge in [0.05, 0.1) is 9.82 Å². The first-order chi connectivity index (χ1) is 8.82. The first-order valence-electron chi connectivity index (χ1n) is 5.83. The zero-order chi connectivity index (χ0) is 14.2. The molecule has 2 rings (SSSR count). The molecular weight excluding hydrogens is 270 g/mol. The topological polar surface area (TPSA) is 107 Å². The smallest absolute Gasteiger partial charge is 0.269 e. The molecule has 1 aromatic rings. The second kappa shape index (κ2) is 4.87. The summed E-state index contributed by atoms with van der Waals surface area (Å²) in [6.45, 7) is 2.23. The lowest BCUT2D eigenvalue weighted by molar-refractivity contribution is -0.385. The molecule has 0 bridgehead atoms. The highest BCUT2D eigenvalue weighted by molar-refractivity contribution is 7.89. The van der Waals surface area contributed by atoms with Gasteiger partial charge in [0.1, 0.15) is 0 Å². The fourth-order valence-corrected chi connectivity index (χ4v) is 3.87. The SMILES string of the molecule is Cc1cc([N+](=O)[O-])ccc1S(=O)(=O)N1CCC(N)C1. The normalized spacial score (nSPS) is 20.6. The van der Waals surface area contributed by atoms with Gasteiger partial charge in [0.15, 0.2) is 0 Å². The maximum atomic E-state index is 12.4. The number of non-ortho nitro benzene ring substituents is 1.